The maximum Gasteiger partial charge on any atom is 0.142 e. The summed E-state index contributed by atoms with van der Waals surface area (Å²) in [6.45, 7) is 5.19. The number of nitrogen functional groups attached to an aromatic ring is 1. The molecule has 4 nitrogen and oxygen atoms in total. The van der Waals surface area contributed by atoms with Crippen LogP contribution in [0.25, 0.3) is 0 Å². The van der Waals surface area contributed by atoms with Crippen LogP contribution in [0, 0.1) is 6.92 Å². The van der Waals surface area contributed by atoms with Crippen LogP contribution >= 0.6 is 27.5 Å². The second-order valence-electron chi connectivity index (χ2n) is 4.13. The molecular weight excluding hydrogens is 330 g/mol. The van der Waals surface area contributed by atoms with E-state index in [1.165, 1.54) is 0 Å². The average molecular weight is 345 g/mol. The Hall–Kier alpha value is -1.20. The molecule has 1 aromatic heterocycles. The molecule has 19 heavy (non-hydrogen) atoms. The van der Waals surface area contributed by atoms with E-state index in [1.54, 1.807) is 18.2 Å². The molecular formula is C13H15BrClN3O. The highest BCUT2D eigenvalue weighted by molar-refractivity contribution is 9.10. The van der Waals surface area contributed by atoms with Crippen molar-refractivity contribution in [1.82, 2.24) is 9.78 Å². The summed E-state index contributed by atoms with van der Waals surface area (Å²) in [6.07, 6.45) is 0. The fraction of sp³-hybridized carbons (Fsp3) is 0.308. The molecule has 6 heteroatoms. The summed E-state index contributed by atoms with van der Waals surface area (Å²) in [5.74, 6) is 0.623. The molecule has 0 bridgehead atoms. The van der Waals surface area contributed by atoms with Crippen molar-refractivity contribution in [3.63, 3.8) is 0 Å². The van der Waals surface area contributed by atoms with Gasteiger partial charge in [-0.2, -0.15) is 5.10 Å². The van der Waals surface area contributed by atoms with Gasteiger partial charge in [0, 0.05) is 11.6 Å². The van der Waals surface area contributed by atoms with E-state index < -0.39 is 0 Å². The topological polar surface area (TPSA) is 53.1 Å². The van der Waals surface area contributed by atoms with Crippen molar-refractivity contribution in [2.45, 2.75) is 27.0 Å². The highest BCUT2D eigenvalue weighted by atomic mass is 79.9. The maximum absolute atomic E-state index is 5.86. The Kier molecular flexibility index (Phi) is 4.37. The normalized spacial score (nSPS) is 10.7. The highest BCUT2D eigenvalue weighted by Crippen LogP contribution is 2.27. The summed E-state index contributed by atoms with van der Waals surface area (Å²) < 4.78 is 8.62. The van der Waals surface area contributed by atoms with E-state index >= 15 is 0 Å². The molecule has 0 aliphatic rings. The monoisotopic (exact) mass is 343 g/mol. The van der Waals surface area contributed by atoms with E-state index in [0.717, 1.165) is 22.4 Å². The number of aromatic nitrogens is 2. The van der Waals surface area contributed by atoms with Crippen LogP contribution in [0.3, 0.4) is 0 Å². The Balaban J connectivity index is 2.18. The zero-order valence-corrected chi connectivity index (χ0v) is 13.1. The Morgan fingerprint density at radius 2 is 2.21 bits per heavy atom. The van der Waals surface area contributed by atoms with Crippen molar-refractivity contribution in [3.8, 4) is 5.75 Å². The number of anilines is 1. The van der Waals surface area contributed by atoms with E-state index in [2.05, 4.69) is 21.0 Å². The van der Waals surface area contributed by atoms with Crippen molar-refractivity contribution >= 4 is 33.2 Å². The molecule has 2 aromatic rings. The summed E-state index contributed by atoms with van der Waals surface area (Å²) in [4.78, 5) is 0. The Bertz CT molecular complexity index is 598. The second-order valence-corrected chi connectivity index (χ2v) is 5.36. The molecule has 0 atom stereocenters. The number of aryl methyl sites for hydroxylation is 2. The third kappa shape index (κ3) is 3.04. The van der Waals surface area contributed by atoms with Gasteiger partial charge in [-0.15, -0.1) is 0 Å². The lowest BCUT2D eigenvalue weighted by molar-refractivity contribution is 0.293. The number of hydrogen-bond donors (Lipinski definition) is 1. The summed E-state index contributed by atoms with van der Waals surface area (Å²) in [7, 11) is 0. The van der Waals surface area contributed by atoms with E-state index in [-0.39, 0.29) is 0 Å². The number of nitrogens with zero attached hydrogens (tertiary/aromatic N) is 2. The van der Waals surface area contributed by atoms with Crippen molar-refractivity contribution in [3.05, 3.63) is 39.1 Å². The van der Waals surface area contributed by atoms with Gasteiger partial charge in [-0.3, -0.25) is 4.68 Å². The van der Waals surface area contributed by atoms with E-state index in [1.807, 2.05) is 18.5 Å². The highest BCUT2D eigenvalue weighted by Gasteiger charge is 2.13. The third-order valence-electron chi connectivity index (χ3n) is 2.79. The molecule has 0 saturated heterocycles. The fourth-order valence-corrected chi connectivity index (χ4v) is 2.38. The lowest BCUT2D eigenvalue weighted by atomic mass is 10.3. The molecule has 0 radical (unpaired) electrons. The fourth-order valence-electron chi connectivity index (χ4n) is 1.80. The van der Waals surface area contributed by atoms with Crippen LogP contribution in [0.1, 0.15) is 18.3 Å². The van der Waals surface area contributed by atoms with Crippen LogP contribution in [0.4, 0.5) is 5.69 Å². The van der Waals surface area contributed by atoms with Gasteiger partial charge in [0.1, 0.15) is 12.4 Å². The van der Waals surface area contributed by atoms with Crippen LogP contribution in [0.2, 0.25) is 5.02 Å². The molecule has 0 saturated carbocycles. The number of halogens is 2. The molecule has 2 rings (SSSR count). The Labute approximate surface area is 125 Å². The Morgan fingerprint density at radius 3 is 2.84 bits per heavy atom. The summed E-state index contributed by atoms with van der Waals surface area (Å²) in [6, 6.07) is 5.20. The Morgan fingerprint density at radius 1 is 1.47 bits per heavy atom. The first-order chi connectivity index (χ1) is 9.02. The molecule has 0 unspecified atom stereocenters. The van der Waals surface area contributed by atoms with Gasteiger partial charge in [-0.05, 0) is 48.0 Å². The van der Waals surface area contributed by atoms with Gasteiger partial charge in [0.25, 0.3) is 0 Å². The van der Waals surface area contributed by atoms with Gasteiger partial charge in [-0.25, -0.2) is 0 Å². The van der Waals surface area contributed by atoms with Crippen LogP contribution in [0.15, 0.2) is 22.7 Å². The van der Waals surface area contributed by atoms with E-state index in [0.29, 0.717) is 23.1 Å². The lowest BCUT2D eigenvalue weighted by Crippen LogP contribution is -2.07. The standard InChI is InChI=1S/C13H15BrClN3O/c1-3-18-11(13(14)8(2)17-18)7-19-12-5-4-9(15)6-10(12)16/h4-6H,3,7,16H2,1-2H3. The summed E-state index contributed by atoms with van der Waals surface area (Å²) in [5, 5.41) is 5.01. The first-order valence-electron chi connectivity index (χ1n) is 5.92. The number of hydrogen-bond acceptors (Lipinski definition) is 3. The van der Waals surface area contributed by atoms with Gasteiger partial charge in [0.2, 0.25) is 0 Å². The molecule has 0 amide bonds. The van der Waals surface area contributed by atoms with E-state index in [4.69, 9.17) is 22.1 Å². The zero-order valence-electron chi connectivity index (χ0n) is 10.8. The van der Waals surface area contributed by atoms with Gasteiger partial charge < -0.3 is 10.5 Å². The minimum Gasteiger partial charge on any atom is -0.485 e. The predicted octanol–water partition coefficient (Wildman–Crippen LogP) is 3.79. The van der Waals surface area contributed by atoms with E-state index in [9.17, 15) is 0 Å². The smallest absolute Gasteiger partial charge is 0.142 e. The van der Waals surface area contributed by atoms with Crippen molar-refractivity contribution < 1.29 is 4.74 Å². The van der Waals surface area contributed by atoms with Crippen LogP contribution in [0.5, 0.6) is 5.75 Å². The van der Waals surface area contributed by atoms with Gasteiger partial charge >= 0.3 is 0 Å². The zero-order chi connectivity index (χ0) is 14.0. The molecule has 0 spiro atoms. The predicted molar refractivity (Wildman–Crippen MR) is 80.5 cm³/mol. The van der Waals surface area contributed by atoms with Gasteiger partial charge in [-0.1, -0.05) is 11.6 Å². The lowest BCUT2D eigenvalue weighted by Gasteiger charge is -2.10. The average Bonchev–Trinajstić information content (AvgIpc) is 2.65. The molecule has 1 aromatic carbocycles. The molecule has 1 heterocycles. The number of ether oxygens (including phenoxy) is 1. The molecule has 2 N–H and O–H groups in total. The molecule has 102 valence electrons. The first-order valence-corrected chi connectivity index (χ1v) is 7.09. The largest absolute Gasteiger partial charge is 0.485 e. The molecule has 0 aliphatic carbocycles. The number of benzene rings is 1. The maximum atomic E-state index is 5.86. The summed E-state index contributed by atoms with van der Waals surface area (Å²) in [5.41, 5.74) is 8.33. The molecule has 0 fully saturated rings. The third-order valence-corrected chi connectivity index (χ3v) is 4.06. The van der Waals surface area contributed by atoms with Crippen LogP contribution < -0.4 is 10.5 Å². The summed E-state index contributed by atoms with van der Waals surface area (Å²) >= 11 is 9.38. The van der Waals surface area contributed by atoms with Crippen LogP contribution in [-0.4, -0.2) is 9.78 Å². The van der Waals surface area contributed by atoms with Crippen molar-refractivity contribution in [1.29, 1.82) is 0 Å². The number of nitrogens with two attached hydrogens (primary N) is 1. The SMILES string of the molecule is CCn1nc(C)c(Br)c1COc1ccc(Cl)cc1N. The van der Waals surface area contributed by atoms with Gasteiger partial charge in [0.05, 0.1) is 21.5 Å². The minimum atomic E-state index is 0.404. The van der Waals surface area contributed by atoms with Crippen molar-refractivity contribution in [2.75, 3.05) is 5.73 Å². The van der Waals surface area contributed by atoms with Gasteiger partial charge in [0.15, 0.2) is 0 Å². The molecule has 0 aliphatic heterocycles. The van der Waals surface area contributed by atoms with Crippen molar-refractivity contribution in [2.24, 2.45) is 0 Å². The number of rotatable bonds is 4. The second kappa shape index (κ2) is 5.84. The quantitative estimate of drug-likeness (QED) is 0.859. The van der Waals surface area contributed by atoms with Crippen LogP contribution in [-0.2, 0) is 13.2 Å². The minimum absolute atomic E-state index is 0.404. The first kappa shape index (κ1) is 14.2.